The minimum absolute atomic E-state index is 0.0304. The molecular weight excluding hydrogens is 1110 g/mol. The van der Waals surface area contributed by atoms with Crippen LogP contribution >= 0.6 is 0 Å². The van der Waals surface area contributed by atoms with Crippen LogP contribution in [0.2, 0.25) is 0 Å². The van der Waals surface area contributed by atoms with E-state index in [4.69, 9.17) is 41.3 Å². The van der Waals surface area contributed by atoms with Crippen LogP contribution in [-0.4, -0.2) is 33.7 Å². The molecule has 0 aliphatic carbocycles. The number of aromatic amines is 1. The standard InChI is InChI=1S/C77H34N2O10/c1-5-8-10-12-14-16-18-20-22-24-26-28-30-32-34-36-38-40-42-44-52-84-69-55-65(56-70(58-69)85-53-45-43-41-39-37-35-33-31-29-27-25-23-21-19-17-15-13-11-9-6-2)62-86-68-49-48-66-54-64(46-47-67(66)57-68)61-87-74(80)50-51-75(81)89-72-59-73(88-71(72)7-3)79-60-63(4)76(82)78-77(79)83/h1-2,46-49,54-58,60,71-73H,7,50-51,59,61-62H2,3-4H3,(H,78,82,83)/t71-,72?,73-/m1/s1. The zero-order valence-electron chi connectivity index (χ0n) is 46.9. The number of carbonyl (C=O) groups is 2. The highest BCUT2D eigenvalue weighted by Gasteiger charge is 2.38. The van der Waals surface area contributed by atoms with Gasteiger partial charge in [0, 0.05) is 166 Å². The maximum Gasteiger partial charge on any atom is 0.330 e. The van der Waals surface area contributed by atoms with Crippen LogP contribution in [0.25, 0.3) is 10.8 Å². The number of aromatic nitrogens is 2. The summed E-state index contributed by atoms with van der Waals surface area (Å²) in [7, 11) is 0. The molecular formula is C77H34N2O10. The number of aryl methyl sites for hydroxylation is 1. The summed E-state index contributed by atoms with van der Waals surface area (Å²) in [5.41, 5.74) is 0.564. The first-order valence-electron chi connectivity index (χ1n) is 25.5. The van der Waals surface area contributed by atoms with Crippen LogP contribution in [0, 0.1) is 269 Å². The summed E-state index contributed by atoms with van der Waals surface area (Å²) in [6.45, 7) is 3.48. The second kappa shape index (κ2) is 39.6. The highest BCUT2D eigenvalue weighted by atomic mass is 16.6. The second-order valence-corrected chi connectivity index (χ2v) is 16.3. The van der Waals surface area contributed by atoms with Crippen LogP contribution < -0.4 is 25.5 Å². The Morgan fingerprint density at radius 3 is 1.40 bits per heavy atom. The van der Waals surface area contributed by atoms with E-state index in [-0.39, 0.29) is 44.0 Å². The molecule has 4 aromatic rings. The van der Waals surface area contributed by atoms with Gasteiger partial charge in [-0.2, -0.15) is 0 Å². The summed E-state index contributed by atoms with van der Waals surface area (Å²) in [6, 6.07) is 16.0. The van der Waals surface area contributed by atoms with Crippen LogP contribution in [0.5, 0.6) is 17.2 Å². The zero-order chi connectivity index (χ0) is 63.2. The third-order valence-corrected chi connectivity index (χ3v) is 10.3. The number of rotatable bonds is 13. The maximum atomic E-state index is 12.8. The molecule has 1 aliphatic heterocycles. The van der Waals surface area contributed by atoms with E-state index in [0.29, 0.717) is 23.3 Å². The van der Waals surface area contributed by atoms with Crippen LogP contribution in [0.15, 0.2) is 70.4 Å². The van der Waals surface area contributed by atoms with E-state index >= 15 is 0 Å². The minimum Gasteiger partial charge on any atom is -0.489 e. The van der Waals surface area contributed by atoms with Gasteiger partial charge in [-0.25, -0.2) is 4.79 Å². The molecule has 12 heteroatoms. The number of carbonyl (C=O) groups excluding carboxylic acids is 2. The highest BCUT2D eigenvalue weighted by Crippen LogP contribution is 2.32. The number of ether oxygens (including phenoxy) is 6. The van der Waals surface area contributed by atoms with Crippen molar-refractivity contribution in [3.63, 3.8) is 0 Å². The first kappa shape index (κ1) is 65.0. The van der Waals surface area contributed by atoms with Crippen LogP contribution in [0.4, 0.5) is 0 Å². The normalized spacial score (nSPS) is 11.0. The summed E-state index contributed by atoms with van der Waals surface area (Å²) in [5.74, 6) is 99.0. The predicted octanol–water partition coefficient (Wildman–Crippen LogP) is 4.72. The zero-order valence-corrected chi connectivity index (χ0v) is 46.9. The summed E-state index contributed by atoms with van der Waals surface area (Å²) < 4.78 is 35.9. The summed E-state index contributed by atoms with van der Waals surface area (Å²) in [4.78, 5) is 52.0. The van der Waals surface area contributed by atoms with Crippen molar-refractivity contribution in [3.8, 4) is 279 Å². The molecule has 1 saturated heterocycles. The fourth-order valence-electron chi connectivity index (χ4n) is 6.63. The number of H-pyrrole nitrogens is 1. The maximum absolute atomic E-state index is 12.8. The van der Waals surface area contributed by atoms with Crippen molar-refractivity contribution in [2.45, 2.75) is 71.2 Å². The van der Waals surface area contributed by atoms with Crippen molar-refractivity contribution in [2.24, 2.45) is 0 Å². The Kier molecular flexibility index (Phi) is 28.9. The van der Waals surface area contributed by atoms with Crippen molar-refractivity contribution in [1.82, 2.24) is 9.55 Å². The van der Waals surface area contributed by atoms with Gasteiger partial charge < -0.3 is 28.4 Å². The molecule has 1 aromatic heterocycles. The smallest absolute Gasteiger partial charge is 0.330 e. The van der Waals surface area contributed by atoms with E-state index < -0.39 is 41.6 Å². The van der Waals surface area contributed by atoms with Gasteiger partial charge in [0.15, 0.2) is 0 Å². The molecule has 0 amide bonds. The summed E-state index contributed by atoms with van der Waals surface area (Å²) in [6.07, 6.45) is 14.8. The lowest BCUT2D eigenvalue weighted by Crippen LogP contribution is -2.33. The Bertz CT molecular complexity index is 4910. The monoisotopic (exact) mass is 1150 g/mol. The third kappa shape index (κ3) is 26.6. The number of terminal acetylenes is 2. The second-order valence-electron chi connectivity index (χ2n) is 16.3. The molecule has 89 heavy (non-hydrogen) atoms. The first-order chi connectivity index (χ1) is 43.6. The highest BCUT2D eigenvalue weighted by molar-refractivity contribution is 5.84. The van der Waals surface area contributed by atoms with Crippen LogP contribution in [0.1, 0.15) is 55.5 Å². The van der Waals surface area contributed by atoms with Crippen LogP contribution in [-0.2, 0) is 37.0 Å². The van der Waals surface area contributed by atoms with Crippen molar-refractivity contribution in [3.05, 3.63) is 98.3 Å². The molecule has 0 spiro atoms. The van der Waals surface area contributed by atoms with E-state index in [0.717, 1.165) is 16.3 Å². The Morgan fingerprint density at radius 1 is 0.517 bits per heavy atom. The molecule has 2 heterocycles. The molecule has 5 rings (SSSR count). The average molecular weight is 1150 g/mol. The largest absolute Gasteiger partial charge is 0.489 e. The quantitative estimate of drug-likeness (QED) is 0.148. The fourth-order valence-corrected chi connectivity index (χ4v) is 6.63. The molecule has 412 valence electrons. The molecule has 3 aromatic carbocycles. The van der Waals surface area contributed by atoms with Gasteiger partial charge in [-0.3, -0.25) is 23.9 Å². The number of hydrogen-bond acceptors (Lipinski definition) is 10. The summed E-state index contributed by atoms with van der Waals surface area (Å²) >= 11 is 0. The van der Waals surface area contributed by atoms with E-state index in [2.05, 4.69) is 254 Å². The van der Waals surface area contributed by atoms with Gasteiger partial charge in [0.05, 0.1) is 18.9 Å². The number of benzene rings is 3. The Hall–Kier alpha value is -14.8. The number of nitrogens with zero attached hydrogens (tertiary/aromatic N) is 1. The number of hydrogen-bond donors (Lipinski definition) is 1. The van der Waals surface area contributed by atoms with Gasteiger partial charge in [-0.05, 0) is 160 Å². The van der Waals surface area contributed by atoms with Crippen molar-refractivity contribution in [2.75, 3.05) is 0 Å². The van der Waals surface area contributed by atoms with Gasteiger partial charge in [0.1, 0.15) is 55.0 Å². The van der Waals surface area contributed by atoms with Crippen molar-refractivity contribution in [1.29, 1.82) is 0 Å². The number of fused-ring (bicyclic) bond motifs is 1. The lowest BCUT2D eigenvalue weighted by molar-refractivity contribution is -0.156. The Balaban J connectivity index is 1.17. The van der Waals surface area contributed by atoms with Crippen LogP contribution in [0.3, 0.4) is 0 Å². The van der Waals surface area contributed by atoms with Gasteiger partial charge in [-0.1, -0.05) is 25.1 Å². The number of nitrogens with one attached hydrogen (secondary N) is 1. The molecule has 1 unspecified atom stereocenters. The molecule has 1 fully saturated rings. The van der Waals surface area contributed by atoms with E-state index in [9.17, 15) is 19.2 Å². The first-order valence-corrected chi connectivity index (χ1v) is 25.5. The molecule has 12 nitrogen and oxygen atoms in total. The lowest BCUT2D eigenvalue weighted by atomic mass is 10.1. The SMILES string of the molecule is C#CC#CC#CC#CC#CC#CC#CC#CC#CC#CC#COc1cc(COc2ccc3cc(COC(=O)CCC(=O)OC4C[C@H](n5cc(C)c(=O)[nH]c5=O)O[C@@H]4CC)ccc3c2)cc(OC#CC#CC#CC#CC#CC#CC#CC#CC#CC#CC#C)c1. The third-order valence-electron chi connectivity index (χ3n) is 10.3. The molecule has 0 bridgehead atoms. The van der Waals surface area contributed by atoms with Gasteiger partial charge in [0.2, 0.25) is 0 Å². The average Bonchev–Trinajstić information content (AvgIpc) is 2.97. The Labute approximate surface area is 516 Å². The van der Waals surface area contributed by atoms with Gasteiger partial charge in [-0.15, -0.1) is 12.8 Å². The van der Waals surface area contributed by atoms with Crippen molar-refractivity contribution >= 4 is 22.7 Å². The lowest BCUT2D eigenvalue weighted by Gasteiger charge is -2.17. The number of esters is 2. The van der Waals surface area contributed by atoms with E-state index in [1.54, 1.807) is 31.2 Å². The van der Waals surface area contributed by atoms with Crippen molar-refractivity contribution < 1.29 is 38.0 Å². The van der Waals surface area contributed by atoms with E-state index in [1.807, 2.05) is 37.3 Å². The minimum atomic E-state index is -0.735. The van der Waals surface area contributed by atoms with Gasteiger partial charge in [0.25, 0.3) is 5.56 Å². The summed E-state index contributed by atoms with van der Waals surface area (Å²) in [5, 5.41) is 1.70. The topological polar surface area (TPSA) is 144 Å². The van der Waals surface area contributed by atoms with Gasteiger partial charge >= 0.3 is 17.6 Å². The van der Waals surface area contributed by atoms with E-state index in [1.165, 1.54) is 10.8 Å². The molecule has 0 radical (unpaired) electrons. The molecule has 1 aliphatic rings. The molecule has 1 N–H and O–H groups in total. The fraction of sp³-hybridized carbons (Fsp3) is 0.143. The molecule has 0 saturated carbocycles. The molecule has 3 atom stereocenters. The Morgan fingerprint density at radius 2 is 0.944 bits per heavy atom. The predicted molar refractivity (Wildman–Crippen MR) is 333 cm³/mol.